The van der Waals surface area contributed by atoms with Crippen LogP contribution in [-0.2, 0) is 9.59 Å². The number of nitrogens with one attached hydrogen (secondary N) is 2. The highest BCUT2D eigenvalue weighted by molar-refractivity contribution is 7.80. The fraction of sp³-hybridized carbons (Fsp3) is 0.818. The van der Waals surface area contributed by atoms with Gasteiger partial charge < -0.3 is 10.6 Å². The summed E-state index contributed by atoms with van der Waals surface area (Å²) in [6.07, 6.45) is 0.881. The van der Waals surface area contributed by atoms with Crippen molar-refractivity contribution >= 4 is 37.1 Å². The standard InChI is InChI=1S/C7H15NOS.C4H9NOS/c1-4-5(2)7(9)8-6(3)10;1-4(6)5-2-3-7/h5-6,10H,4H2,1-3H3,(H,8,9);7H,2-3H2,1H3,(H,5,6). The lowest BCUT2D eigenvalue weighted by Gasteiger charge is -2.11. The SMILES string of the molecule is CC(=O)NCCS.CCC(C)C(=O)NC(C)S. The molecular weight excluding hydrogens is 256 g/mol. The Hall–Kier alpha value is -0.360. The number of rotatable bonds is 5. The highest BCUT2D eigenvalue weighted by atomic mass is 32.1. The normalized spacial score (nSPS) is 12.8. The third-order valence-electron chi connectivity index (χ3n) is 1.90. The number of thiol groups is 2. The molecule has 0 aromatic heterocycles. The molecule has 0 aromatic rings. The topological polar surface area (TPSA) is 58.2 Å². The molecule has 0 spiro atoms. The minimum Gasteiger partial charge on any atom is -0.356 e. The average molecular weight is 280 g/mol. The van der Waals surface area contributed by atoms with Crippen LogP contribution in [0.1, 0.15) is 34.1 Å². The second-order valence-corrected chi connectivity index (χ2v) is 4.92. The average Bonchev–Trinajstić information content (AvgIpc) is 2.25. The van der Waals surface area contributed by atoms with Crippen molar-refractivity contribution in [2.45, 2.75) is 39.5 Å². The Morgan fingerprint density at radius 3 is 2.06 bits per heavy atom. The van der Waals surface area contributed by atoms with Crippen molar-refractivity contribution in [3.05, 3.63) is 0 Å². The monoisotopic (exact) mass is 280 g/mol. The summed E-state index contributed by atoms with van der Waals surface area (Å²) in [5.74, 6) is 0.910. The number of carbonyl (C=O) groups is 2. The van der Waals surface area contributed by atoms with Gasteiger partial charge in [0.05, 0.1) is 5.37 Å². The third-order valence-corrected chi connectivity index (χ3v) is 2.25. The smallest absolute Gasteiger partial charge is 0.223 e. The van der Waals surface area contributed by atoms with Crippen LogP contribution in [0.5, 0.6) is 0 Å². The lowest BCUT2D eigenvalue weighted by atomic mass is 10.1. The van der Waals surface area contributed by atoms with Gasteiger partial charge in [-0.2, -0.15) is 25.3 Å². The molecule has 2 atom stereocenters. The second-order valence-electron chi connectivity index (χ2n) is 3.70. The van der Waals surface area contributed by atoms with Gasteiger partial charge in [0.15, 0.2) is 0 Å². The first-order valence-corrected chi connectivity index (χ1v) is 6.83. The molecule has 0 fully saturated rings. The Balaban J connectivity index is 0. The van der Waals surface area contributed by atoms with E-state index in [1.807, 2.05) is 20.8 Å². The summed E-state index contributed by atoms with van der Waals surface area (Å²) in [6, 6.07) is 0. The maximum absolute atomic E-state index is 11.0. The summed E-state index contributed by atoms with van der Waals surface area (Å²) in [5, 5.41) is 5.26. The summed E-state index contributed by atoms with van der Waals surface area (Å²) >= 11 is 7.92. The molecule has 0 rings (SSSR count). The molecule has 0 radical (unpaired) electrons. The van der Waals surface area contributed by atoms with Gasteiger partial charge >= 0.3 is 0 Å². The van der Waals surface area contributed by atoms with Crippen LogP contribution in [0.2, 0.25) is 0 Å². The number of amides is 2. The maximum atomic E-state index is 11.0. The lowest BCUT2D eigenvalue weighted by molar-refractivity contribution is -0.124. The van der Waals surface area contributed by atoms with Gasteiger partial charge in [0.2, 0.25) is 11.8 Å². The first kappa shape index (κ1) is 19.0. The number of hydrogen-bond donors (Lipinski definition) is 4. The molecule has 0 aromatic carbocycles. The van der Waals surface area contributed by atoms with Crippen molar-refractivity contribution in [1.29, 1.82) is 0 Å². The highest BCUT2D eigenvalue weighted by Gasteiger charge is 2.10. The van der Waals surface area contributed by atoms with E-state index in [1.54, 1.807) is 0 Å². The molecule has 0 saturated carbocycles. The van der Waals surface area contributed by atoms with Crippen molar-refractivity contribution in [3.8, 4) is 0 Å². The van der Waals surface area contributed by atoms with Crippen molar-refractivity contribution in [2.75, 3.05) is 12.3 Å². The third kappa shape index (κ3) is 15.6. The Morgan fingerprint density at radius 2 is 1.82 bits per heavy atom. The van der Waals surface area contributed by atoms with Crippen molar-refractivity contribution < 1.29 is 9.59 Å². The van der Waals surface area contributed by atoms with Gasteiger partial charge in [0, 0.05) is 25.1 Å². The maximum Gasteiger partial charge on any atom is 0.223 e. The molecule has 0 heterocycles. The number of hydrogen-bond acceptors (Lipinski definition) is 4. The lowest BCUT2D eigenvalue weighted by Crippen LogP contribution is -2.32. The van der Waals surface area contributed by atoms with Gasteiger partial charge in [-0.25, -0.2) is 0 Å². The summed E-state index contributed by atoms with van der Waals surface area (Å²) in [5.41, 5.74) is 0. The van der Waals surface area contributed by atoms with E-state index in [4.69, 9.17) is 0 Å². The minimum atomic E-state index is -0.0403. The van der Waals surface area contributed by atoms with E-state index in [2.05, 4.69) is 35.9 Å². The van der Waals surface area contributed by atoms with Crippen LogP contribution >= 0.6 is 25.3 Å². The van der Waals surface area contributed by atoms with E-state index < -0.39 is 0 Å². The summed E-state index contributed by atoms with van der Waals surface area (Å²) in [7, 11) is 0. The summed E-state index contributed by atoms with van der Waals surface area (Å²) in [6.45, 7) is 7.89. The van der Waals surface area contributed by atoms with Gasteiger partial charge in [-0.15, -0.1) is 0 Å². The number of carbonyl (C=O) groups excluding carboxylic acids is 2. The van der Waals surface area contributed by atoms with Crippen LogP contribution in [0, 0.1) is 5.92 Å². The quantitative estimate of drug-likeness (QED) is 0.455. The molecule has 2 N–H and O–H groups in total. The molecule has 0 aliphatic rings. The Labute approximate surface area is 115 Å². The molecule has 6 heteroatoms. The Bertz CT molecular complexity index is 224. The van der Waals surface area contributed by atoms with E-state index in [-0.39, 0.29) is 23.1 Å². The molecule has 0 aliphatic heterocycles. The predicted molar refractivity (Wildman–Crippen MR) is 78.6 cm³/mol. The molecule has 0 aliphatic carbocycles. The van der Waals surface area contributed by atoms with Gasteiger partial charge in [-0.05, 0) is 13.3 Å². The van der Waals surface area contributed by atoms with Crippen molar-refractivity contribution in [2.24, 2.45) is 5.92 Å². The van der Waals surface area contributed by atoms with Gasteiger partial charge in [0.25, 0.3) is 0 Å². The Morgan fingerprint density at radius 1 is 1.29 bits per heavy atom. The van der Waals surface area contributed by atoms with Gasteiger partial charge in [0.1, 0.15) is 0 Å². The van der Waals surface area contributed by atoms with Crippen LogP contribution < -0.4 is 10.6 Å². The van der Waals surface area contributed by atoms with E-state index in [0.717, 1.165) is 6.42 Å². The molecule has 2 amide bonds. The van der Waals surface area contributed by atoms with E-state index in [1.165, 1.54) is 6.92 Å². The van der Waals surface area contributed by atoms with Crippen LogP contribution in [0.4, 0.5) is 0 Å². The molecule has 0 saturated heterocycles. The van der Waals surface area contributed by atoms with Crippen LogP contribution in [-0.4, -0.2) is 29.5 Å². The zero-order valence-electron chi connectivity index (χ0n) is 11.0. The first-order valence-electron chi connectivity index (χ1n) is 5.68. The van der Waals surface area contributed by atoms with E-state index >= 15 is 0 Å². The van der Waals surface area contributed by atoms with Gasteiger partial charge in [-0.1, -0.05) is 13.8 Å². The molecule has 102 valence electrons. The highest BCUT2D eigenvalue weighted by Crippen LogP contribution is 2.00. The molecule has 0 bridgehead atoms. The largest absolute Gasteiger partial charge is 0.356 e. The van der Waals surface area contributed by atoms with Crippen LogP contribution in [0.15, 0.2) is 0 Å². The fourth-order valence-electron chi connectivity index (χ4n) is 0.765. The fourth-order valence-corrected chi connectivity index (χ4v) is 1.00. The molecule has 2 unspecified atom stereocenters. The van der Waals surface area contributed by atoms with Crippen molar-refractivity contribution in [1.82, 2.24) is 10.6 Å². The van der Waals surface area contributed by atoms with E-state index in [9.17, 15) is 9.59 Å². The zero-order chi connectivity index (χ0) is 13.8. The summed E-state index contributed by atoms with van der Waals surface area (Å²) < 4.78 is 0. The Kier molecular flexibility index (Phi) is 13.5. The molecular formula is C11H24N2O2S2. The van der Waals surface area contributed by atoms with E-state index in [0.29, 0.717) is 12.3 Å². The predicted octanol–water partition coefficient (Wildman–Crippen LogP) is 1.48. The van der Waals surface area contributed by atoms with Gasteiger partial charge in [-0.3, -0.25) is 9.59 Å². The molecule has 17 heavy (non-hydrogen) atoms. The molecule has 4 nitrogen and oxygen atoms in total. The van der Waals surface area contributed by atoms with Crippen LogP contribution in [0.25, 0.3) is 0 Å². The first-order chi connectivity index (χ1) is 7.84. The zero-order valence-corrected chi connectivity index (χ0v) is 12.8. The minimum absolute atomic E-state index is 0.00838. The summed E-state index contributed by atoms with van der Waals surface area (Å²) in [4.78, 5) is 21.1. The van der Waals surface area contributed by atoms with Crippen LogP contribution in [0.3, 0.4) is 0 Å². The second kappa shape index (κ2) is 12.1. The van der Waals surface area contributed by atoms with Crippen molar-refractivity contribution in [3.63, 3.8) is 0 Å².